The lowest BCUT2D eigenvalue weighted by Gasteiger charge is -2.24. The second-order valence-corrected chi connectivity index (χ2v) is 6.06. The van der Waals surface area contributed by atoms with Crippen molar-refractivity contribution in [3.8, 4) is 0 Å². The zero-order valence-corrected chi connectivity index (χ0v) is 14.1. The molecule has 1 aliphatic rings. The van der Waals surface area contributed by atoms with Crippen molar-refractivity contribution in [3.05, 3.63) is 53.6 Å². The number of fused-ring (bicyclic) bond motifs is 1. The third-order valence-corrected chi connectivity index (χ3v) is 4.13. The number of aromatic nitrogens is 2. The van der Waals surface area contributed by atoms with Gasteiger partial charge in [0, 0.05) is 31.2 Å². The zero-order chi connectivity index (χ0) is 16.9. The number of hydrogen-bond donors (Lipinski definition) is 0. The highest BCUT2D eigenvalue weighted by Gasteiger charge is 2.25. The average molecular weight is 329 g/mol. The highest BCUT2D eigenvalue weighted by atomic mass is 16.5. The number of carbonyl (C=O) groups excluding carboxylic acids is 1. The van der Waals surface area contributed by atoms with E-state index in [-0.39, 0.29) is 18.6 Å². The van der Waals surface area contributed by atoms with Crippen molar-refractivity contribution >= 4 is 5.91 Å². The van der Waals surface area contributed by atoms with Gasteiger partial charge in [0.1, 0.15) is 6.61 Å². The zero-order valence-electron chi connectivity index (χ0n) is 14.1. The van der Waals surface area contributed by atoms with Gasteiger partial charge < -0.3 is 18.9 Å². The molecule has 2 aromatic heterocycles. The number of nitrogens with zero attached hydrogens (tertiary/aromatic N) is 3. The second kappa shape index (κ2) is 7.59. The van der Waals surface area contributed by atoms with Gasteiger partial charge in [0.15, 0.2) is 0 Å². The number of ether oxygens (including phenoxy) is 2. The molecule has 0 saturated heterocycles. The molecule has 0 radical (unpaired) electrons. The molecule has 0 spiro atoms. The maximum atomic E-state index is 12.3. The Bertz CT molecular complexity index is 698. The largest absolute Gasteiger partial charge is 0.375 e. The molecule has 6 heteroatoms. The van der Waals surface area contributed by atoms with Crippen LogP contribution in [0.1, 0.15) is 17.1 Å². The SMILES string of the molecule is COCC(=O)N1Cc2cccn2C[C@@H](OCc2cccc(C)n2)C1. The van der Waals surface area contributed by atoms with Gasteiger partial charge >= 0.3 is 0 Å². The fourth-order valence-electron chi connectivity index (χ4n) is 2.95. The first-order chi connectivity index (χ1) is 11.7. The number of rotatable bonds is 5. The number of aryl methyl sites for hydroxylation is 1. The molecular formula is C18H23N3O3. The van der Waals surface area contributed by atoms with Crippen molar-refractivity contribution in [1.82, 2.24) is 14.5 Å². The Morgan fingerprint density at radius 3 is 2.96 bits per heavy atom. The number of carbonyl (C=O) groups is 1. The van der Waals surface area contributed by atoms with E-state index >= 15 is 0 Å². The third kappa shape index (κ3) is 4.01. The van der Waals surface area contributed by atoms with E-state index in [0.717, 1.165) is 23.6 Å². The molecule has 1 amide bonds. The van der Waals surface area contributed by atoms with Gasteiger partial charge in [0.05, 0.1) is 31.5 Å². The van der Waals surface area contributed by atoms with E-state index in [2.05, 4.69) is 9.55 Å². The predicted molar refractivity (Wildman–Crippen MR) is 89.3 cm³/mol. The smallest absolute Gasteiger partial charge is 0.248 e. The molecule has 0 bridgehead atoms. The summed E-state index contributed by atoms with van der Waals surface area (Å²) in [6.07, 6.45) is 1.95. The van der Waals surface area contributed by atoms with Crippen LogP contribution in [0.4, 0.5) is 0 Å². The first-order valence-corrected chi connectivity index (χ1v) is 8.10. The van der Waals surface area contributed by atoms with Crippen LogP contribution in [0.3, 0.4) is 0 Å². The molecule has 0 saturated carbocycles. The van der Waals surface area contributed by atoms with E-state index in [0.29, 0.717) is 19.7 Å². The van der Waals surface area contributed by atoms with Crippen LogP contribution in [0, 0.1) is 6.92 Å². The summed E-state index contributed by atoms with van der Waals surface area (Å²) in [5.41, 5.74) is 2.99. The molecule has 24 heavy (non-hydrogen) atoms. The number of amides is 1. The molecule has 1 aliphatic heterocycles. The molecule has 1 atom stereocenters. The van der Waals surface area contributed by atoms with Crippen LogP contribution in [0.2, 0.25) is 0 Å². The van der Waals surface area contributed by atoms with Gasteiger partial charge in [-0.25, -0.2) is 0 Å². The summed E-state index contributed by atoms with van der Waals surface area (Å²) in [6.45, 7) is 4.35. The van der Waals surface area contributed by atoms with Gasteiger partial charge in [-0.3, -0.25) is 9.78 Å². The number of methoxy groups -OCH3 is 1. The normalized spacial score (nSPS) is 17.4. The summed E-state index contributed by atoms with van der Waals surface area (Å²) >= 11 is 0. The van der Waals surface area contributed by atoms with Crippen molar-refractivity contribution < 1.29 is 14.3 Å². The second-order valence-electron chi connectivity index (χ2n) is 6.06. The van der Waals surface area contributed by atoms with Gasteiger partial charge in [0.2, 0.25) is 5.91 Å². The van der Waals surface area contributed by atoms with E-state index in [1.165, 1.54) is 7.11 Å². The Balaban J connectivity index is 1.70. The monoisotopic (exact) mass is 329 g/mol. The first-order valence-electron chi connectivity index (χ1n) is 8.10. The third-order valence-electron chi connectivity index (χ3n) is 4.13. The van der Waals surface area contributed by atoms with Gasteiger partial charge in [-0.1, -0.05) is 6.07 Å². The Labute approximate surface area is 142 Å². The van der Waals surface area contributed by atoms with Gasteiger partial charge in [-0.15, -0.1) is 0 Å². The Kier molecular flexibility index (Phi) is 5.27. The minimum absolute atomic E-state index is 0.0190. The van der Waals surface area contributed by atoms with Crippen LogP contribution in [0.5, 0.6) is 0 Å². The average Bonchev–Trinajstić information content (AvgIpc) is 2.91. The molecule has 6 nitrogen and oxygen atoms in total. The minimum Gasteiger partial charge on any atom is -0.375 e. The van der Waals surface area contributed by atoms with Crippen LogP contribution in [0.15, 0.2) is 36.5 Å². The lowest BCUT2D eigenvalue weighted by atomic mass is 10.3. The van der Waals surface area contributed by atoms with Gasteiger partial charge in [-0.2, -0.15) is 0 Å². The first kappa shape index (κ1) is 16.7. The molecule has 0 aromatic carbocycles. The lowest BCUT2D eigenvalue weighted by Crippen LogP contribution is -2.39. The van der Waals surface area contributed by atoms with E-state index in [9.17, 15) is 4.79 Å². The molecule has 3 heterocycles. The Morgan fingerprint density at radius 1 is 1.29 bits per heavy atom. The fourth-order valence-corrected chi connectivity index (χ4v) is 2.95. The molecule has 0 aliphatic carbocycles. The summed E-state index contributed by atoms with van der Waals surface area (Å²) in [7, 11) is 1.54. The summed E-state index contributed by atoms with van der Waals surface area (Å²) in [4.78, 5) is 18.5. The highest BCUT2D eigenvalue weighted by Crippen LogP contribution is 2.16. The molecule has 0 N–H and O–H groups in total. The standard InChI is InChI=1S/C18H23N3O3/c1-14-5-3-6-15(19-14)12-24-17-10-20-8-4-7-16(20)9-21(11-17)18(22)13-23-2/h3-8,17H,9-13H2,1-2H3/t17-/m1/s1. The highest BCUT2D eigenvalue weighted by molar-refractivity contribution is 5.77. The van der Waals surface area contributed by atoms with Crippen molar-refractivity contribution in [2.45, 2.75) is 32.7 Å². The van der Waals surface area contributed by atoms with Crippen LogP contribution in [-0.2, 0) is 34.0 Å². The van der Waals surface area contributed by atoms with Crippen LogP contribution in [-0.4, -0.2) is 46.7 Å². The molecule has 128 valence electrons. The topological polar surface area (TPSA) is 56.6 Å². The summed E-state index contributed by atoms with van der Waals surface area (Å²) in [5.74, 6) is -0.0190. The molecule has 2 aromatic rings. The maximum Gasteiger partial charge on any atom is 0.248 e. The Morgan fingerprint density at radius 2 is 2.17 bits per heavy atom. The predicted octanol–water partition coefficient (Wildman–Crippen LogP) is 1.77. The van der Waals surface area contributed by atoms with Gasteiger partial charge in [0.25, 0.3) is 0 Å². The van der Waals surface area contributed by atoms with Crippen molar-refractivity contribution in [2.75, 3.05) is 20.3 Å². The van der Waals surface area contributed by atoms with E-state index in [1.807, 2.05) is 43.5 Å². The van der Waals surface area contributed by atoms with Crippen molar-refractivity contribution in [3.63, 3.8) is 0 Å². The quantitative estimate of drug-likeness (QED) is 0.839. The number of pyridine rings is 1. The molecule has 0 unspecified atom stereocenters. The van der Waals surface area contributed by atoms with Crippen LogP contribution >= 0.6 is 0 Å². The molecule has 3 rings (SSSR count). The van der Waals surface area contributed by atoms with E-state index in [4.69, 9.17) is 9.47 Å². The van der Waals surface area contributed by atoms with Crippen molar-refractivity contribution in [1.29, 1.82) is 0 Å². The molecule has 0 fully saturated rings. The fraction of sp³-hybridized carbons (Fsp3) is 0.444. The maximum absolute atomic E-state index is 12.3. The van der Waals surface area contributed by atoms with E-state index in [1.54, 1.807) is 4.90 Å². The van der Waals surface area contributed by atoms with Gasteiger partial charge in [-0.05, 0) is 31.2 Å². The summed E-state index contributed by atoms with van der Waals surface area (Å²) in [6, 6.07) is 9.94. The lowest BCUT2D eigenvalue weighted by molar-refractivity contribution is -0.137. The summed E-state index contributed by atoms with van der Waals surface area (Å²) < 4.78 is 13.2. The number of hydrogen-bond acceptors (Lipinski definition) is 4. The minimum atomic E-state index is -0.0817. The molecular weight excluding hydrogens is 306 g/mol. The van der Waals surface area contributed by atoms with Crippen LogP contribution < -0.4 is 0 Å². The summed E-state index contributed by atoms with van der Waals surface area (Å²) in [5, 5.41) is 0. The van der Waals surface area contributed by atoms with Crippen LogP contribution in [0.25, 0.3) is 0 Å². The Hall–Kier alpha value is -2.18. The van der Waals surface area contributed by atoms with E-state index < -0.39 is 0 Å². The van der Waals surface area contributed by atoms with Crippen molar-refractivity contribution in [2.24, 2.45) is 0 Å².